The maximum absolute atomic E-state index is 14.0. The van der Waals surface area contributed by atoms with Gasteiger partial charge in [0.25, 0.3) is 0 Å². The van der Waals surface area contributed by atoms with Gasteiger partial charge in [-0.2, -0.15) is 26.3 Å². The van der Waals surface area contributed by atoms with Crippen LogP contribution in [0.5, 0.6) is 0 Å². The van der Waals surface area contributed by atoms with Crippen molar-refractivity contribution in [3.63, 3.8) is 0 Å². The van der Waals surface area contributed by atoms with Crippen molar-refractivity contribution in [3.05, 3.63) is 58.3 Å². The van der Waals surface area contributed by atoms with Crippen molar-refractivity contribution in [2.75, 3.05) is 4.90 Å². The monoisotopic (exact) mass is 446 g/mol. The van der Waals surface area contributed by atoms with E-state index in [1.807, 2.05) is 0 Å². The number of allylic oxidation sites excluding steroid dienone is 2. The standard InChI is InChI=1S/C21H17F7N2O/c1-19(2)7-10-5-11-9-29-18(21(26,27)28)17(11)30(16(10)15(31)8-19)14-6-12(22)3-4-13(14)20(23,24)25/h3-4,6,9,29H,5,7-8H2,1-2H3. The molecule has 1 aliphatic heterocycles. The number of nitrogens with one attached hydrogen (secondary N) is 1. The summed E-state index contributed by atoms with van der Waals surface area (Å²) < 4.78 is 96.4. The van der Waals surface area contributed by atoms with Gasteiger partial charge in [-0.3, -0.25) is 4.79 Å². The van der Waals surface area contributed by atoms with E-state index in [1.165, 1.54) is 0 Å². The van der Waals surface area contributed by atoms with E-state index in [0.717, 1.165) is 6.20 Å². The molecule has 1 aromatic heterocycles. The number of H-pyrrole nitrogens is 1. The number of anilines is 2. The predicted molar refractivity (Wildman–Crippen MR) is 98.1 cm³/mol. The topological polar surface area (TPSA) is 36.1 Å². The van der Waals surface area contributed by atoms with Crippen molar-refractivity contribution in [3.8, 4) is 0 Å². The molecule has 2 aliphatic rings. The molecule has 1 N–H and O–H groups in total. The highest BCUT2D eigenvalue weighted by molar-refractivity contribution is 6.05. The molecular formula is C21H17F7N2O. The van der Waals surface area contributed by atoms with Crippen LogP contribution in [0.4, 0.5) is 42.1 Å². The zero-order valence-corrected chi connectivity index (χ0v) is 16.4. The van der Waals surface area contributed by atoms with Gasteiger partial charge in [0.15, 0.2) is 5.78 Å². The zero-order chi connectivity index (χ0) is 22.9. The Hall–Kier alpha value is -2.78. The number of fused-ring (bicyclic) bond motifs is 1. The Labute approximate surface area is 172 Å². The number of rotatable bonds is 1. The van der Waals surface area contributed by atoms with Crippen molar-refractivity contribution in [2.24, 2.45) is 5.41 Å². The lowest BCUT2D eigenvalue weighted by Crippen LogP contribution is -2.37. The fraction of sp³-hybridized carbons (Fsp3) is 0.381. The van der Waals surface area contributed by atoms with Crippen molar-refractivity contribution >= 4 is 17.2 Å². The Morgan fingerprint density at radius 3 is 2.32 bits per heavy atom. The molecule has 166 valence electrons. The number of carbonyl (C=O) groups excluding carboxylic acids is 1. The number of alkyl halides is 6. The van der Waals surface area contributed by atoms with Crippen LogP contribution in [0.25, 0.3) is 0 Å². The number of nitrogens with zero attached hydrogens (tertiary/aromatic N) is 1. The fourth-order valence-corrected chi connectivity index (χ4v) is 4.44. The molecule has 10 heteroatoms. The number of halogens is 7. The number of benzene rings is 1. The quantitative estimate of drug-likeness (QED) is 0.506. The first-order valence-electron chi connectivity index (χ1n) is 9.38. The number of hydrogen-bond donors (Lipinski definition) is 1. The normalized spacial score (nSPS) is 18.9. The summed E-state index contributed by atoms with van der Waals surface area (Å²) in [5.74, 6) is -1.64. The van der Waals surface area contributed by atoms with Crippen LogP contribution in [0.2, 0.25) is 0 Å². The molecule has 2 aromatic rings. The van der Waals surface area contributed by atoms with Crippen molar-refractivity contribution < 1.29 is 35.5 Å². The highest BCUT2D eigenvalue weighted by Gasteiger charge is 2.47. The van der Waals surface area contributed by atoms with Crippen LogP contribution < -0.4 is 4.90 Å². The largest absolute Gasteiger partial charge is 0.433 e. The molecule has 31 heavy (non-hydrogen) atoms. The van der Waals surface area contributed by atoms with E-state index in [4.69, 9.17) is 0 Å². The highest BCUT2D eigenvalue weighted by atomic mass is 19.4. The Morgan fingerprint density at radius 2 is 1.71 bits per heavy atom. The van der Waals surface area contributed by atoms with Crippen molar-refractivity contribution in [2.45, 2.75) is 45.5 Å². The summed E-state index contributed by atoms with van der Waals surface area (Å²) in [5.41, 5.74) is -4.29. The molecule has 0 atom stereocenters. The van der Waals surface area contributed by atoms with E-state index >= 15 is 0 Å². The molecule has 0 saturated heterocycles. The molecule has 0 unspecified atom stereocenters. The Kier molecular flexibility index (Phi) is 4.57. The molecule has 0 amide bonds. The van der Waals surface area contributed by atoms with E-state index in [-0.39, 0.29) is 24.1 Å². The number of aromatic nitrogens is 1. The van der Waals surface area contributed by atoms with Crippen LogP contribution in [0, 0.1) is 11.2 Å². The molecule has 3 nitrogen and oxygen atoms in total. The third kappa shape index (κ3) is 3.61. The lowest BCUT2D eigenvalue weighted by atomic mass is 9.72. The van der Waals surface area contributed by atoms with Crippen molar-refractivity contribution in [1.82, 2.24) is 4.98 Å². The fourth-order valence-electron chi connectivity index (χ4n) is 4.44. The first-order valence-corrected chi connectivity index (χ1v) is 9.38. The molecule has 0 bridgehead atoms. The highest BCUT2D eigenvalue weighted by Crippen LogP contribution is 2.52. The lowest BCUT2D eigenvalue weighted by molar-refractivity contribution is -0.140. The molecule has 4 rings (SSSR count). The summed E-state index contributed by atoms with van der Waals surface area (Å²) in [5, 5.41) is 0. The second-order valence-electron chi connectivity index (χ2n) is 8.60. The number of aromatic amines is 1. The minimum atomic E-state index is -4.98. The summed E-state index contributed by atoms with van der Waals surface area (Å²) in [6.07, 6.45) is -8.58. The van der Waals surface area contributed by atoms with Gasteiger partial charge in [0, 0.05) is 12.6 Å². The average Bonchev–Trinajstić information content (AvgIpc) is 3.01. The van der Waals surface area contributed by atoms with Crippen LogP contribution in [0.3, 0.4) is 0 Å². The first-order chi connectivity index (χ1) is 14.2. The van der Waals surface area contributed by atoms with Crippen LogP contribution in [-0.2, 0) is 23.6 Å². The smallest absolute Gasteiger partial charge is 0.356 e. The molecule has 1 aromatic carbocycles. The Bertz CT molecular complexity index is 1110. The summed E-state index contributed by atoms with van der Waals surface area (Å²) in [4.78, 5) is 15.7. The summed E-state index contributed by atoms with van der Waals surface area (Å²) in [6.45, 7) is 3.60. The van der Waals surface area contributed by atoms with Crippen LogP contribution in [0.15, 0.2) is 35.7 Å². The van der Waals surface area contributed by atoms with Gasteiger partial charge in [0.05, 0.1) is 22.6 Å². The first kappa shape index (κ1) is 21.5. The summed E-state index contributed by atoms with van der Waals surface area (Å²) in [7, 11) is 0. The summed E-state index contributed by atoms with van der Waals surface area (Å²) in [6, 6.07) is 1.57. The average molecular weight is 446 g/mol. The Morgan fingerprint density at radius 1 is 1.03 bits per heavy atom. The predicted octanol–water partition coefficient (Wildman–Crippen LogP) is 6.53. The SMILES string of the molecule is CC1(C)CC(=O)C2=C(Cc3c[nH]c(C(F)(F)F)c3N2c2cc(F)ccc2C(F)(F)F)C1. The van der Waals surface area contributed by atoms with Gasteiger partial charge in [0.2, 0.25) is 0 Å². The van der Waals surface area contributed by atoms with E-state index < -0.39 is 52.0 Å². The van der Waals surface area contributed by atoms with Gasteiger partial charge < -0.3 is 9.88 Å². The molecule has 0 saturated carbocycles. The third-order valence-electron chi connectivity index (χ3n) is 5.50. The zero-order valence-electron chi connectivity index (χ0n) is 16.4. The van der Waals surface area contributed by atoms with Crippen LogP contribution in [-0.4, -0.2) is 10.8 Å². The van der Waals surface area contributed by atoms with Crippen LogP contribution in [0.1, 0.15) is 43.5 Å². The second-order valence-corrected chi connectivity index (χ2v) is 8.60. The van der Waals surface area contributed by atoms with Gasteiger partial charge in [-0.1, -0.05) is 13.8 Å². The third-order valence-corrected chi connectivity index (χ3v) is 5.50. The van der Waals surface area contributed by atoms with E-state index in [2.05, 4.69) is 4.98 Å². The van der Waals surface area contributed by atoms with Crippen LogP contribution >= 0.6 is 0 Å². The molecule has 1 aliphatic carbocycles. The molecule has 2 heterocycles. The number of hydrogen-bond acceptors (Lipinski definition) is 2. The minimum Gasteiger partial charge on any atom is -0.356 e. The Balaban J connectivity index is 2.06. The van der Waals surface area contributed by atoms with Gasteiger partial charge in [0.1, 0.15) is 11.5 Å². The van der Waals surface area contributed by atoms with Crippen molar-refractivity contribution in [1.29, 1.82) is 0 Å². The molecule has 0 fully saturated rings. The molecule has 0 spiro atoms. The van der Waals surface area contributed by atoms with Gasteiger partial charge in [-0.25, -0.2) is 4.39 Å². The minimum absolute atomic E-state index is 0.0143. The van der Waals surface area contributed by atoms with E-state index in [9.17, 15) is 35.5 Å². The maximum atomic E-state index is 14.0. The number of carbonyl (C=O) groups is 1. The van der Waals surface area contributed by atoms with Gasteiger partial charge >= 0.3 is 12.4 Å². The number of ketones is 1. The van der Waals surface area contributed by atoms with Gasteiger partial charge in [-0.05, 0) is 47.6 Å². The lowest BCUT2D eigenvalue weighted by Gasteiger charge is -2.41. The van der Waals surface area contributed by atoms with Gasteiger partial charge in [-0.15, -0.1) is 0 Å². The molecular weight excluding hydrogens is 429 g/mol. The summed E-state index contributed by atoms with van der Waals surface area (Å²) >= 11 is 0. The second kappa shape index (κ2) is 6.61. The van der Waals surface area contributed by atoms with E-state index in [1.54, 1.807) is 13.8 Å². The molecule has 0 radical (unpaired) electrons. The number of Topliss-reactive ketones (excluding diaryl/α,β-unsaturated/α-hetero) is 1. The van der Waals surface area contributed by atoms with E-state index in [0.29, 0.717) is 35.1 Å². The maximum Gasteiger partial charge on any atom is 0.433 e.